The van der Waals surface area contributed by atoms with E-state index in [2.05, 4.69) is 31.2 Å². The first-order valence-corrected chi connectivity index (χ1v) is 12.7. The minimum Gasteiger partial charge on any atom is -0.484 e. The fraction of sp³-hybridized carbons (Fsp3) is 0.286. The Morgan fingerprint density at radius 2 is 1.91 bits per heavy atom. The Morgan fingerprint density at radius 1 is 1.19 bits per heavy atom. The number of hydrazone groups is 1. The number of esters is 1. The Kier molecular flexibility index (Phi) is 9.58. The third-order valence-electron chi connectivity index (χ3n) is 4.13. The van der Waals surface area contributed by atoms with Crippen LogP contribution >= 0.6 is 51.1 Å². The van der Waals surface area contributed by atoms with Crippen molar-refractivity contribution in [3.63, 3.8) is 0 Å². The smallest absolute Gasteiger partial charge is 0.343 e. The van der Waals surface area contributed by atoms with Gasteiger partial charge in [0.1, 0.15) is 5.75 Å². The van der Waals surface area contributed by atoms with Gasteiger partial charge in [0.05, 0.1) is 27.4 Å². The lowest BCUT2D eigenvalue weighted by Crippen LogP contribution is -2.24. The lowest BCUT2D eigenvalue weighted by Gasteiger charge is -2.10. The summed E-state index contributed by atoms with van der Waals surface area (Å²) >= 11 is 13.4. The van der Waals surface area contributed by atoms with Crippen molar-refractivity contribution in [2.75, 3.05) is 31.8 Å². The van der Waals surface area contributed by atoms with Crippen LogP contribution in [0.4, 0.5) is 0 Å². The number of rotatable bonds is 9. The fourth-order valence-electron chi connectivity index (χ4n) is 2.61. The van der Waals surface area contributed by atoms with E-state index < -0.39 is 11.9 Å². The van der Waals surface area contributed by atoms with Crippen LogP contribution in [-0.2, 0) is 14.3 Å². The summed E-state index contributed by atoms with van der Waals surface area (Å²) in [4.78, 5) is 23.2. The van der Waals surface area contributed by atoms with Crippen LogP contribution in [0.25, 0.3) is 0 Å². The Labute approximate surface area is 207 Å². The number of nitrogens with zero attached hydrogens (tertiary/aromatic N) is 1. The van der Waals surface area contributed by atoms with E-state index in [1.807, 2.05) is 47.8 Å². The summed E-state index contributed by atoms with van der Waals surface area (Å²) in [7, 11) is 1.27. The quantitative estimate of drug-likeness (QED) is 0.272. The van der Waals surface area contributed by atoms with Gasteiger partial charge in [-0.1, -0.05) is 23.7 Å². The van der Waals surface area contributed by atoms with Crippen LogP contribution in [0.2, 0.25) is 5.02 Å². The van der Waals surface area contributed by atoms with Crippen molar-refractivity contribution in [3.05, 3.63) is 57.0 Å². The largest absolute Gasteiger partial charge is 0.484 e. The molecule has 0 spiro atoms. The van der Waals surface area contributed by atoms with Crippen LogP contribution in [-0.4, -0.2) is 49.9 Å². The van der Waals surface area contributed by atoms with Gasteiger partial charge in [0, 0.05) is 11.5 Å². The average Bonchev–Trinajstić information content (AvgIpc) is 3.32. The zero-order valence-electron chi connectivity index (χ0n) is 17.0. The number of amides is 1. The first-order chi connectivity index (χ1) is 15.5. The highest BCUT2D eigenvalue weighted by Gasteiger charge is 2.18. The second-order valence-electron chi connectivity index (χ2n) is 6.40. The Balaban J connectivity index is 1.46. The molecule has 0 saturated carbocycles. The molecule has 1 aliphatic heterocycles. The van der Waals surface area contributed by atoms with Gasteiger partial charge in [-0.25, -0.2) is 10.2 Å². The average molecular weight is 560 g/mol. The molecular formula is C21H20BrClN2O5S2. The number of thioether (sulfide) groups is 2. The highest BCUT2D eigenvalue weighted by molar-refractivity contribution is 9.10. The molecule has 3 rings (SSSR count). The minimum atomic E-state index is -0.522. The second kappa shape index (κ2) is 12.4. The van der Waals surface area contributed by atoms with Crippen molar-refractivity contribution in [3.8, 4) is 11.5 Å². The molecule has 0 radical (unpaired) electrons. The van der Waals surface area contributed by atoms with Crippen molar-refractivity contribution in [1.82, 2.24) is 5.43 Å². The summed E-state index contributed by atoms with van der Waals surface area (Å²) in [6.45, 7) is -0.423. The minimum absolute atomic E-state index is 0.158. The maximum atomic E-state index is 12.0. The lowest BCUT2D eigenvalue weighted by atomic mass is 10.2. The number of halogens is 2. The van der Waals surface area contributed by atoms with Gasteiger partial charge in [-0.05, 0) is 51.3 Å². The first kappa shape index (κ1) is 24.8. The predicted octanol–water partition coefficient (Wildman–Crippen LogP) is 4.66. The van der Waals surface area contributed by atoms with Crippen LogP contribution in [0.5, 0.6) is 11.5 Å². The predicted molar refractivity (Wildman–Crippen MR) is 132 cm³/mol. The molecule has 1 fully saturated rings. The molecule has 170 valence electrons. The van der Waals surface area contributed by atoms with Crippen molar-refractivity contribution < 1.29 is 23.8 Å². The number of hydrogen-bond donors (Lipinski definition) is 1. The van der Waals surface area contributed by atoms with E-state index >= 15 is 0 Å². The third-order valence-corrected chi connectivity index (χ3v) is 8.10. The Bertz CT molecular complexity index is 962. The van der Waals surface area contributed by atoms with E-state index in [0.29, 0.717) is 26.1 Å². The fourth-order valence-corrected chi connectivity index (χ4v) is 6.46. The van der Waals surface area contributed by atoms with Crippen LogP contribution in [0, 0.1) is 0 Å². The molecule has 32 heavy (non-hydrogen) atoms. The summed E-state index contributed by atoms with van der Waals surface area (Å²) in [6.07, 6.45) is 1.43. The molecule has 0 unspecified atom stereocenters. The number of benzene rings is 2. The van der Waals surface area contributed by atoms with Gasteiger partial charge >= 0.3 is 5.97 Å². The highest BCUT2D eigenvalue weighted by atomic mass is 79.9. The van der Waals surface area contributed by atoms with Crippen LogP contribution in [0.15, 0.2) is 46.0 Å². The molecular weight excluding hydrogens is 540 g/mol. The third kappa shape index (κ3) is 7.33. The molecule has 7 nitrogen and oxygen atoms in total. The maximum Gasteiger partial charge on any atom is 0.343 e. The molecule has 1 saturated heterocycles. The topological polar surface area (TPSA) is 86.2 Å². The molecule has 1 aliphatic rings. The molecule has 1 amide bonds. The van der Waals surface area contributed by atoms with E-state index in [-0.39, 0.29) is 18.2 Å². The molecule has 0 aliphatic carbocycles. The number of methoxy groups -OCH3 is 1. The number of nitrogens with one attached hydrogen (secondary N) is 1. The van der Waals surface area contributed by atoms with Gasteiger partial charge in [0.25, 0.3) is 5.91 Å². The van der Waals surface area contributed by atoms with Gasteiger partial charge in [0.2, 0.25) is 0 Å². The molecule has 2 aromatic carbocycles. The molecule has 11 heteroatoms. The summed E-state index contributed by atoms with van der Waals surface area (Å²) in [5, 5.41) is 4.19. The molecule has 0 atom stereocenters. The summed E-state index contributed by atoms with van der Waals surface area (Å²) < 4.78 is 16.4. The van der Waals surface area contributed by atoms with Gasteiger partial charge in [-0.15, -0.1) is 23.5 Å². The standard InChI is InChI=1S/C21H20BrClN2O5S2/c1-28-19(27)12-30-20-16(22)8-13(9-17(20)23)10-24-25-18(26)11-29-15-4-2-14(3-5-15)21-31-6-7-32-21/h2-5,8-10,21H,6-7,11-12H2,1H3,(H,25,26)/b24-10-. The van der Waals surface area contributed by atoms with Crippen LogP contribution < -0.4 is 14.9 Å². The summed E-state index contributed by atoms with van der Waals surface area (Å²) in [5.41, 5.74) is 4.28. The zero-order chi connectivity index (χ0) is 22.9. The van der Waals surface area contributed by atoms with Gasteiger partial charge in [0.15, 0.2) is 19.0 Å². The van der Waals surface area contributed by atoms with E-state index in [1.54, 1.807) is 12.1 Å². The van der Waals surface area contributed by atoms with Gasteiger partial charge in [-0.2, -0.15) is 5.10 Å². The SMILES string of the molecule is COC(=O)COc1c(Cl)cc(/C=N\NC(=O)COc2ccc(C3SCCS3)cc2)cc1Br. The Morgan fingerprint density at radius 3 is 2.56 bits per heavy atom. The lowest BCUT2D eigenvalue weighted by molar-refractivity contribution is -0.142. The number of hydrogen-bond acceptors (Lipinski definition) is 8. The molecule has 2 aromatic rings. The number of carbonyl (C=O) groups is 2. The molecule has 0 aromatic heterocycles. The zero-order valence-corrected chi connectivity index (χ0v) is 21.0. The molecule has 0 bridgehead atoms. The van der Waals surface area contributed by atoms with Crippen molar-refractivity contribution in [1.29, 1.82) is 0 Å². The molecule has 1 heterocycles. The van der Waals surface area contributed by atoms with Crippen LogP contribution in [0.3, 0.4) is 0 Å². The van der Waals surface area contributed by atoms with E-state index in [1.165, 1.54) is 30.4 Å². The monoisotopic (exact) mass is 558 g/mol. The van der Waals surface area contributed by atoms with E-state index in [0.717, 1.165) is 0 Å². The molecule has 1 N–H and O–H groups in total. The van der Waals surface area contributed by atoms with Crippen molar-refractivity contribution in [2.24, 2.45) is 5.10 Å². The summed E-state index contributed by atoms with van der Waals surface area (Å²) in [6, 6.07) is 11.1. The van der Waals surface area contributed by atoms with Gasteiger partial charge < -0.3 is 14.2 Å². The second-order valence-corrected chi connectivity index (χ2v) is 10.4. The Hall–Kier alpha value is -1.88. The normalized spacial score (nSPS) is 13.8. The van der Waals surface area contributed by atoms with Gasteiger partial charge in [-0.3, -0.25) is 4.79 Å². The van der Waals surface area contributed by atoms with E-state index in [9.17, 15) is 9.59 Å². The van der Waals surface area contributed by atoms with E-state index in [4.69, 9.17) is 21.1 Å². The number of ether oxygens (including phenoxy) is 3. The first-order valence-electron chi connectivity index (χ1n) is 9.43. The highest BCUT2D eigenvalue weighted by Crippen LogP contribution is 2.45. The maximum absolute atomic E-state index is 12.0. The number of carbonyl (C=O) groups excluding carboxylic acids is 2. The van der Waals surface area contributed by atoms with Crippen LogP contribution in [0.1, 0.15) is 15.7 Å². The summed E-state index contributed by atoms with van der Waals surface area (Å²) in [5.74, 6) is 2.36. The van der Waals surface area contributed by atoms with Crippen molar-refractivity contribution >= 4 is 69.1 Å². The van der Waals surface area contributed by atoms with Crippen molar-refractivity contribution in [2.45, 2.75) is 4.58 Å².